The van der Waals surface area contributed by atoms with Gasteiger partial charge in [-0.25, -0.2) is 13.1 Å². The molecule has 1 rings (SSSR count). The Kier molecular flexibility index (Phi) is 4.61. The van der Waals surface area contributed by atoms with Gasteiger partial charge in [-0.2, -0.15) is 0 Å². The second-order valence-electron chi connectivity index (χ2n) is 3.98. The fourth-order valence-corrected chi connectivity index (χ4v) is 2.88. The first-order valence-corrected chi connectivity index (χ1v) is 7.03. The van der Waals surface area contributed by atoms with Crippen molar-refractivity contribution in [3.05, 3.63) is 0 Å². The maximum atomic E-state index is 11.6. The molecule has 7 nitrogen and oxygen atoms in total. The van der Waals surface area contributed by atoms with Crippen molar-refractivity contribution in [2.75, 3.05) is 19.3 Å². The summed E-state index contributed by atoms with van der Waals surface area (Å²) in [7, 11) is -2.18. The summed E-state index contributed by atoms with van der Waals surface area (Å²) >= 11 is 0. The molecule has 1 saturated heterocycles. The lowest BCUT2D eigenvalue weighted by atomic mass is 10.3. The van der Waals surface area contributed by atoms with Crippen LogP contribution in [0.5, 0.6) is 0 Å². The zero-order valence-corrected chi connectivity index (χ0v) is 10.5. The molecule has 1 aliphatic heterocycles. The van der Waals surface area contributed by atoms with Crippen molar-refractivity contribution >= 4 is 21.8 Å². The van der Waals surface area contributed by atoms with Crippen LogP contribution in [-0.2, 0) is 19.6 Å². The van der Waals surface area contributed by atoms with E-state index in [2.05, 4.69) is 4.72 Å². The number of imide groups is 1. The largest absolute Gasteiger partial charge is 0.330 e. The molecule has 2 amide bonds. The molecular weight excluding hydrogens is 246 g/mol. The quantitative estimate of drug-likeness (QED) is 0.443. The highest BCUT2D eigenvalue weighted by Crippen LogP contribution is 2.11. The number of likely N-dealkylation sites (tertiary alicyclic amines) is 1. The monoisotopic (exact) mass is 263 g/mol. The molecule has 17 heavy (non-hydrogen) atoms. The summed E-state index contributed by atoms with van der Waals surface area (Å²) in [6, 6.07) is -0.949. The number of nitrogens with one attached hydrogen (secondary N) is 1. The number of nitrogens with two attached hydrogens (primary N) is 1. The van der Waals surface area contributed by atoms with Crippen LogP contribution in [0.15, 0.2) is 0 Å². The standard InChI is InChI=1S/C9H17N3O4S/c1-12-8(13)6-7(9(12)14)11-17(15,16)5-3-2-4-10/h7,11H,2-6,10H2,1H3. The van der Waals surface area contributed by atoms with Crippen molar-refractivity contribution in [2.24, 2.45) is 5.73 Å². The number of sulfonamides is 1. The lowest BCUT2D eigenvalue weighted by Crippen LogP contribution is -2.41. The smallest absolute Gasteiger partial charge is 0.247 e. The molecule has 1 atom stereocenters. The lowest BCUT2D eigenvalue weighted by Gasteiger charge is -2.11. The molecule has 0 radical (unpaired) electrons. The van der Waals surface area contributed by atoms with Gasteiger partial charge < -0.3 is 5.73 Å². The third-order valence-electron chi connectivity index (χ3n) is 2.57. The summed E-state index contributed by atoms with van der Waals surface area (Å²) < 4.78 is 25.4. The van der Waals surface area contributed by atoms with Crippen LogP contribution in [0.4, 0.5) is 0 Å². The Bertz CT molecular complexity index is 406. The molecule has 1 fully saturated rings. The van der Waals surface area contributed by atoms with Crippen LogP contribution in [0.25, 0.3) is 0 Å². The summed E-state index contributed by atoms with van der Waals surface area (Å²) in [6.07, 6.45) is 0.945. The van der Waals surface area contributed by atoms with Crippen LogP contribution in [0.1, 0.15) is 19.3 Å². The van der Waals surface area contributed by atoms with E-state index in [0.717, 1.165) is 4.90 Å². The second-order valence-corrected chi connectivity index (χ2v) is 5.85. The molecule has 8 heteroatoms. The van der Waals surface area contributed by atoms with E-state index in [0.29, 0.717) is 19.4 Å². The minimum Gasteiger partial charge on any atom is -0.330 e. The van der Waals surface area contributed by atoms with Gasteiger partial charge in [0.1, 0.15) is 6.04 Å². The summed E-state index contributed by atoms with van der Waals surface area (Å²) in [6.45, 7) is 0.430. The Labute approximate surface area is 100 Å². The molecule has 1 heterocycles. The molecule has 0 saturated carbocycles. The Hall–Kier alpha value is -0.990. The predicted octanol–water partition coefficient (Wildman–Crippen LogP) is -1.60. The highest BCUT2D eigenvalue weighted by atomic mass is 32.2. The van der Waals surface area contributed by atoms with E-state index in [9.17, 15) is 18.0 Å². The van der Waals surface area contributed by atoms with E-state index >= 15 is 0 Å². The molecule has 0 aromatic carbocycles. The highest BCUT2D eigenvalue weighted by molar-refractivity contribution is 7.89. The Morgan fingerprint density at radius 3 is 2.53 bits per heavy atom. The van der Waals surface area contributed by atoms with Crippen LogP contribution < -0.4 is 10.5 Å². The van der Waals surface area contributed by atoms with Gasteiger partial charge in [0.2, 0.25) is 21.8 Å². The van der Waals surface area contributed by atoms with E-state index < -0.39 is 22.0 Å². The van der Waals surface area contributed by atoms with E-state index in [1.807, 2.05) is 0 Å². The number of likely N-dealkylation sites (N-methyl/N-ethyl adjacent to an activating group) is 1. The van der Waals surface area contributed by atoms with Crippen LogP contribution in [0, 0.1) is 0 Å². The van der Waals surface area contributed by atoms with E-state index in [1.165, 1.54) is 7.05 Å². The number of amides is 2. The lowest BCUT2D eigenvalue weighted by molar-refractivity contribution is -0.137. The van der Waals surface area contributed by atoms with Gasteiger partial charge in [-0.15, -0.1) is 0 Å². The van der Waals surface area contributed by atoms with E-state index in [-0.39, 0.29) is 18.1 Å². The molecule has 0 bridgehead atoms. The average Bonchev–Trinajstić information content (AvgIpc) is 2.46. The number of rotatable bonds is 6. The number of hydrogen-bond acceptors (Lipinski definition) is 5. The Balaban J connectivity index is 2.54. The van der Waals surface area contributed by atoms with Crippen molar-refractivity contribution < 1.29 is 18.0 Å². The molecule has 98 valence electrons. The van der Waals surface area contributed by atoms with Crippen molar-refractivity contribution in [1.29, 1.82) is 0 Å². The van der Waals surface area contributed by atoms with Gasteiger partial charge >= 0.3 is 0 Å². The van der Waals surface area contributed by atoms with E-state index in [4.69, 9.17) is 5.73 Å². The number of carbonyl (C=O) groups is 2. The second kappa shape index (κ2) is 5.56. The first kappa shape index (κ1) is 14.1. The van der Waals surface area contributed by atoms with Crippen molar-refractivity contribution in [2.45, 2.75) is 25.3 Å². The SMILES string of the molecule is CN1C(=O)CC(NS(=O)(=O)CCCCN)C1=O. The third-order valence-corrected chi connectivity index (χ3v) is 4.04. The van der Waals surface area contributed by atoms with Gasteiger partial charge in [-0.1, -0.05) is 0 Å². The highest BCUT2D eigenvalue weighted by Gasteiger charge is 2.38. The normalized spacial score (nSPS) is 21.3. The zero-order chi connectivity index (χ0) is 13.1. The fraction of sp³-hybridized carbons (Fsp3) is 0.778. The van der Waals surface area contributed by atoms with Crippen LogP contribution in [0.3, 0.4) is 0 Å². The minimum atomic E-state index is -3.52. The molecule has 0 aliphatic carbocycles. The first-order chi connectivity index (χ1) is 7.87. The number of nitrogens with zero attached hydrogens (tertiary/aromatic N) is 1. The number of unbranched alkanes of at least 4 members (excludes halogenated alkanes) is 1. The van der Waals surface area contributed by atoms with Crippen molar-refractivity contribution in [3.63, 3.8) is 0 Å². The van der Waals surface area contributed by atoms with Crippen molar-refractivity contribution in [1.82, 2.24) is 9.62 Å². The molecule has 0 spiro atoms. The molecule has 3 N–H and O–H groups in total. The van der Waals surface area contributed by atoms with Crippen LogP contribution in [0.2, 0.25) is 0 Å². The Morgan fingerprint density at radius 1 is 1.41 bits per heavy atom. The summed E-state index contributed by atoms with van der Waals surface area (Å²) in [5.74, 6) is -0.951. The summed E-state index contributed by atoms with van der Waals surface area (Å²) in [5.41, 5.74) is 5.26. The van der Waals surface area contributed by atoms with Gasteiger partial charge in [-0.3, -0.25) is 14.5 Å². The first-order valence-electron chi connectivity index (χ1n) is 5.38. The molecule has 0 aromatic rings. The zero-order valence-electron chi connectivity index (χ0n) is 9.68. The summed E-state index contributed by atoms with van der Waals surface area (Å²) in [4.78, 5) is 23.6. The average molecular weight is 263 g/mol. The van der Waals surface area contributed by atoms with Gasteiger partial charge in [0, 0.05) is 7.05 Å². The van der Waals surface area contributed by atoms with Gasteiger partial charge in [0.25, 0.3) is 0 Å². The predicted molar refractivity (Wildman–Crippen MR) is 61.4 cm³/mol. The number of carbonyl (C=O) groups excluding carboxylic acids is 2. The third kappa shape index (κ3) is 3.76. The molecule has 0 aromatic heterocycles. The molecule has 1 unspecified atom stereocenters. The Morgan fingerprint density at radius 2 is 2.06 bits per heavy atom. The van der Waals surface area contributed by atoms with E-state index in [1.54, 1.807) is 0 Å². The van der Waals surface area contributed by atoms with Gasteiger partial charge in [0.15, 0.2) is 0 Å². The fourth-order valence-electron chi connectivity index (χ4n) is 1.56. The molecular formula is C9H17N3O4S. The topological polar surface area (TPSA) is 110 Å². The van der Waals surface area contributed by atoms with Gasteiger partial charge in [0.05, 0.1) is 12.2 Å². The molecule has 1 aliphatic rings. The van der Waals surface area contributed by atoms with Crippen LogP contribution in [-0.4, -0.2) is 50.5 Å². The van der Waals surface area contributed by atoms with Gasteiger partial charge in [-0.05, 0) is 19.4 Å². The minimum absolute atomic E-state index is 0.0775. The van der Waals surface area contributed by atoms with Crippen LogP contribution >= 0.6 is 0 Å². The summed E-state index contributed by atoms with van der Waals surface area (Å²) in [5, 5.41) is 0. The number of hydrogen-bond donors (Lipinski definition) is 2. The van der Waals surface area contributed by atoms with Crippen molar-refractivity contribution in [3.8, 4) is 0 Å². The maximum Gasteiger partial charge on any atom is 0.247 e. The maximum absolute atomic E-state index is 11.6.